The molecule has 1 saturated heterocycles. The standard InChI is InChI=1S/C34H40N2O9/c1-23-31(45-26-15-8-5-9-16-26)29(41-21-11-14-25-12-6-4-7-13-25)18-10-17-27(34(39)44-23)36-33(38)30-32(43-22-42-24(2)37)28(40-3)19-20-35-30/h4-9,12-13,15-16,19-20,23,27,29,31H,10-11,14,17-18,21-22H2,1-3H3,(H,36,38)/t23-,27-,29-,31-/m0/s1. The Morgan fingerprint density at radius 3 is 2.47 bits per heavy atom. The number of nitrogens with zero attached hydrogens (tertiary/aromatic N) is 1. The Hall–Kier alpha value is -4.64. The molecule has 1 aliphatic rings. The highest BCUT2D eigenvalue weighted by molar-refractivity contribution is 5.98. The molecule has 0 radical (unpaired) electrons. The molecular weight excluding hydrogens is 580 g/mol. The van der Waals surface area contributed by atoms with E-state index in [1.54, 1.807) is 6.92 Å². The fourth-order valence-electron chi connectivity index (χ4n) is 5.02. The van der Waals surface area contributed by atoms with Gasteiger partial charge in [-0.15, -0.1) is 0 Å². The molecule has 0 spiro atoms. The van der Waals surface area contributed by atoms with Crippen molar-refractivity contribution in [1.29, 1.82) is 0 Å². The molecule has 0 aliphatic carbocycles. The van der Waals surface area contributed by atoms with E-state index in [0.717, 1.165) is 12.8 Å². The average Bonchev–Trinajstić information content (AvgIpc) is 3.09. The van der Waals surface area contributed by atoms with E-state index in [2.05, 4.69) is 22.4 Å². The summed E-state index contributed by atoms with van der Waals surface area (Å²) in [5.41, 5.74) is 1.10. The van der Waals surface area contributed by atoms with Crippen LogP contribution < -0.4 is 19.5 Å². The van der Waals surface area contributed by atoms with Crippen LogP contribution in [0.25, 0.3) is 0 Å². The lowest BCUT2D eigenvalue weighted by molar-refractivity contribution is -0.159. The van der Waals surface area contributed by atoms with E-state index in [0.29, 0.717) is 31.6 Å². The highest BCUT2D eigenvalue weighted by atomic mass is 16.7. The van der Waals surface area contributed by atoms with Gasteiger partial charge in [0.05, 0.1) is 13.2 Å². The summed E-state index contributed by atoms with van der Waals surface area (Å²) < 4.78 is 34.3. The Morgan fingerprint density at radius 1 is 1.02 bits per heavy atom. The van der Waals surface area contributed by atoms with Crippen LogP contribution in [0.15, 0.2) is 72.9 Å². The van der Waals surface area contributed by atoms with Gasteiger partial charge >= 0.3 is 11.9 Å². The van der Waals surface area contributed by atoms with Gasteiger partial charge in [0.15, 0.2) is 23.3 Å². The zero-order valence-electron chi connectivity index (χ0n) is 25.8. The lowest BCUT2D eigenvalue weighted by Gasteiger charge is -2.31. The normalized spacial score (nSPS) is 20.0. The molecule has 11 heteroatoms. The molecule has 1 amide bonds. The Morgan fingerprint density at radius 2 is 1.76 bits per heavy atom. The number of methoxy groups -OCH3 is 1. The molecule has 4 atom stereocenters. The maximum atomic E-state index is 13.4. The van der Waals surface area contributed by atoms with Gasteiger partial charge in [-0.25, -0.2) is 9.78 Å². The Kier molecular flexibility index (Phi) is 12.6. The zero-order valence-corrected chi connectivity index (χ0v) is 25.8. The number of hydrogen-bond acceptors (Lipinski definition) is 10. The number of nitrogens with one attached hydrogen (secondary N) is 1. The third-order valence-electron chi connectivity index (χ3n) is 7.27. The molecule has 0 saturated carbocycles. The Bertz CT molecular complexity index is 1390. The van der Waals surface area contributed by atoms with Gasteiger partial charge in [0, 0.05) is 25.8 Å². The van der Waals surface area contributed by atoms with Crippen LogP contribution in [-0.4, -0.2) is 67.7 Å². The van der Waals surface area contributed by atoms with Gasteiger partial charge < -0.3 is 33.7 Å². The number of ether oxygens (including phenoxy) is 6. The van der Waals surface area contributed by atoms with E-state index in [1.807, 2.05) is 48.5 Å². The predicted molar refractivity (Wildman–Crippen MR) is 164 cm³/mol. The van der Waals surface area contributed by atoms with Gasteiger partial charge in [-0.05, 0) is 56.7 Å². The van der Waals surface area contributed by atoms with E-state index >= 15 is 0 Å². The van der Waals surface area contributed by atoms with Crippen LogP contribution in [-0.2, 0) is 30.2 Å². The van der Waals surface area contributed by atoms with Gasteiger partial charge in [0.1, 0.15) is 17.9 Å². The van der Waals surface area contributed by atoms with Gasteiger partial charge in [0.2, 0.25) is 6.79 Å². The first-order chi connectivity index (χ1) is 21.9. The molecule has 1 fully saturated rings. The van der Waals surface area contributed by atoms with Crippen molar-refractivity contribution in [2.45, 2.75) is 70.3 Å². The average molecular weight is 621 g/mol. The fourth-order valence-corrected chi connectivity index (χ4v) is 5.02. The van der Waals surface area contributed by atoms with Crippen LogP contribution in [0.1, 0.15) is 55.6 Å². The molecular formula is C34H40N2O9. The Labute approximate surface area is 263 Å². The largest absolute Gasteiger partial charge is 0.493 e. The van der Waals surface area contributed by atoms with Crippen LogP contribution in [0.4, 0.5) is 0 Å². The summed E-state index contributed by atoms with van der Waals surface area (Å²) in [7, 11) is 1.40. The minimum absolute atomic E-state index is 0.0242. The minimum atomic E-state index is -0.969. The Balaban J connectivity index is 1.47. The summed E-state index contributed by atoms with van der Waals surface area (Å²) in [6.07, 6.45) is 2.86. The van der Waals surface area contributed by atoms with Gasteiger partial charge in [-0.1, -0.05) is 48.5 Å². The number of benzene rings is 2. The highest BCUT2D eigenvalue weighted by Gasteiger charge is 2.37. The molecule has 1 N–H and O–H groups in total. The second kappa shape index (κ2) is 17.0. The van der Waals surface area contributed by atoms with Crippen molar-refractivity contribution in [3.63, 3.8) is 0 Å². The highest BCUT2D eigenvalue weighted by Crippen LogP contribution is 2.30. The first kappa shape index (κ1) is 33.3. The number of amides is 1. The third-order valence-corrected chi connectivity index (χ3v) is 7.27. The van der Waals surface area contributed by atoms with Crippen molar-refractivity contribution in [1.82, 2.24) is 10.3 Å². The summed E-state index contributed by atoms with van der Waals surface area (Å²) in [6, 6.07) is 20.1. The number of para-hydroxylation sites is 1. The van der Waals surface area contributed by atoms with Crippen molar-refractivity contribution in [3.05, 3.63) is 84.2 Å². The summed E-state index contributed by atoms with van der Waals surface area (Å²) in [5.74, 6) is -1.01. The molecule has 240 valence electrons. The number of pyridine rings is 1. The van der Waals surface area contributed by atoms with Crippen molar-refractivity contribution in [2.24, 2.45) is 0 Å². The molecule has 11 nitrogen and oxygen atoms in total. The molecule has 3 aromatic rings. The maximum absolute atomic E-state index is 13.4. The first-order valence-electron chi connectivity index (χ1n) is 15.0. The van der Waals surface area contributed by atoms with E-state index in [-0.39, 0.29) is 23.3 Å². The van der Waals surface area contributed by atoms with Crippen LogP contribution in [0.2, 0.25) is 0 Å². The molecule has 4 rings (SSSR count). The number of esters is 2. The molecule has 2 heterocycles. The number of carbonyl (C=O) groups excluding carboxylic acids is 3. The zero-order chi connectivity index (χ0) is 32.0. The predicted octanol–water partition coefficient (Wildman–Crippen LogP) is 4.67. The van der Waals surface area contributed by atoms with Crippen LogP contribution in [0.3, 0.4) is 0 Å². The number of rotatable bonds is 13. The number of cyclic esters (lactones) is 1. The van der Waals surface area contributed by atoms with Crippen LogP contribution in [0, 0.1) is 0 Å². The number of carbonyl (C=O) groups is 3. The van der Waals surface area contributed by atoms with Crippen LogP contribution in [0.5, 0.6) is 17.2 Å². The number of hydrogen-bond donors (Lipinski definition) is 1. The van der Waals surface area contributed by atoms with Crippen molar-refractivity contribution in [2.75, 3.05) is 20.5 Å². The molecule has 0 bridgehead atoms. The van der Waals surface area contributed by atoms with Crippen molar-refractivity contribution >= 4 is 17.8 Å². The van der Waals surface area contributed by atoms with E-state index < -0.39 is 42.9 Å². The maximum Gasteiger partial charge on any atom is 0.329 e. The quantitative estimate of drug-likeness (QED) is 0.163. The monoisotopic (exact) mass is 620 g/mol. The lowest BCUT2D eigenvalue weighted by atomic mass is 10.0. The molecule has 2 aromatic carbocycles. The SMILES string of the molecule is COc1ccnc(C(=O)N[C@H]2CCC[C@H](OCCCc3ccccc3)[C@@H](Oc3ccccc3)[C@H](C)OC2=O)c1OCOC(C)=O. The summed E-state index contributed by atoms with van der Waals surface area (Å²) >= 11 is 0. The third kappa shape index (κ3) is 9.94. The molecule has 1 aromatic heterocycles. The van der Waals surface area contributed by atoms with Crippen LogP contribution >= 0.6 is 0 Å². The second-order valence-electron chi connectivity index (χ2n) is 10.6. The van der Waals surface area contributed by atoms with Crippen molar-refractivity contribution < 1.29 is 42.8 Å². The van der Waals surface area contributed by atoms with Crippen molar-refractivity contribution in [3.8, 4) is 17.2 Å². The topological polar surface area (TPSA) is 132 Å². The van der Waals surface area contributed by atoms with E-state index in [1.165, 1.54) is 31.9 Å². The van der Waals surface area contributed by atoms with E-state index in [4.69, 9.17) is 28.4 Å². The second-order valence-corrected chi connectivity index (χ2v) is 10.6. The summed E-state index contributed by atoms with van der Waals surface area (Å²) in [5, 5.41) is 2.74. The fraction of sp³-hybridized carbons (Fsp3) is 0.412. The van der Waals surface area contributed by atoms with Gasteiger partial charge in [-0.3, -0.25) is 9.59 Å². The summed E-state index contributed by atoms with van der Waals surface area (Å²) in [6.45, 7) is 3.06. The lowest BCUT2D eigenvalue weighted by Crippen LogP contribution is -2.46. The number of aryl methyl sites for hydroxylation is 1. The van der Waals surface area contributed by atoms with Gasteiger partial charge in [0.25, 0.3) is 5.91 Å². The van der Waals surface area contributed by atoms with Gasteiger partial charge in [-0.2, -0.15) is 0 Å². The number of aromatic nitrogens is 1. The smallest absolute Gasteiger partial charge is 0.329 e. The molecule has 0 unspecified atom stereocenters. The molecule has 45 heavy (non-hydrogen) atoms. The minimum Gasteiger partial charge on any atom is -0.493 e. The first-order valence-corrected chi connectivity index (χ1v) is 15.0. The van der Waals surface area contributed by atoms with E-state index in [9.17, 15) is 14.4 Å². The molecule has 1 aliphatic heterocycles. The summed E-state index contributed by atoms with van der Waals surface area (Å²) in [4.78, 5) is 42.1.